The van der Waals surface area contributed by atoms with Gasteiger partial charge in [-0.1, -0.05) is 59.9 Å². The Kier molecular flexibility index (Phi) is 15.0. The number of nitrogens with one attached hydrogen (secondary N) is 3. The zero-order chi connectivity index (χ0) is 36.1. The molecule has 1 atom stereocenters. The van der Waals surface area contributed by atoms with Gasteiger partial charge in [-0.25, -0.2) is 14.0 Å². The van der Waals surface area contributed by atoms with Gasteiger partial charge in [0.2, 0.25) is 0 Å². The number of carbonyl (C=O) groups is 2. The van der Waals surface area contributed by atoms with Crippen LogP contribution in [-0.4, -0.2) is 69.3 Å². The Bertz CT molecular complexity index is 1680. The highest BCUT2D eigenvalue weighted by Crippen LogP contribution is 2.31. The van der Waals surface area contributed by atoms with Crippen molar-refractivity contribution in [2.24, 2.45) is 0 Å². The van der Waals surface area contributed by atoms with Gasteiger partial charge in [-0.05, 0) is 54.8 Å². The van der Waals surface area contributed by atoms with Crippen molar-refractivity contribution < 1.29 is 60.7 Å². The molecule has 0 radical (unpaired) electrons. The molecule has 0 aliphatic heterocycles. The highest BCUT2D eigenvalue weighted by molar-refractivity contribution is 7.16. The number of halogens is 7. The molecule has 10 nitrogen and oxygen atoms in total. The molecule has 0 aliphatic carbocycles. The Labute approximate surface area is 271 Å². The number of benzene rings is 3. The van der Waals surface area contributed by atoms with Crippen LogP contribution < -0.4 is 15.5 Å². The quantitative estimate of drug-likeness (QED) is 0.0846. The van der Waals surface area contributed by atoms with E-state index in [1.165, 1.54) is 23.3 Å². The van der Waals surface area contributed by atoms with E-state index in [1.54, 1.807) is 12.1 Å². The number of alkyl halides is 6. The number of aliphatic hydroxyl groups excluding tert-OH is 1. The van der Waals surface area contributed by atoms with Crippen LogP contribution in [0, 0.1) is 5.82 Å². The maximum Gasteiger partial charge on any atom is 0.490 e. The smallest absolute Gasteiger partial charge is 0.490 e. The van der Waals surface area contributed by atoms with Crippen molar-refractivity contribution in [1.29, 1.82) is 0 Å². The van der Waals surface area contributed by atoms with E-state index in [4.69, 9.17) is 19.8 Å². The molecule has 0 amide bonds. The lowest BCUT2D eigenvalue weighted by atomic mass is 10.1. The van der Waals surface area contributed by atoms with Gasteiger partial charge in [0.25, 0.3) is 0 Å². The fraction of sp³-hybridized carbons (Fsp3) is 0.300. The largest absolute Gasteiger partial charge is 0.506 e. The molecule has 0 aliphatic rings. The Morgan fingerprint density at radius 2 is 1.42 bits per heavy atom. The molecule has 48 heavy (non-hydrogen) atoms. The molecule has 0 fully saturated rings. The van der Waals surface area contributed by atoms with Crippen LogP contribution in [0.25, 0.3) is 10.2 Å². The average molecular weight is 710 g/mol. The number of aromatic nitrogens is 1. The second kappa shape index (κ2) is 18.1. The third kappa shape index (κ3) is 13.3. The van der Waals surface area contributed by atoms with E-state index in [1.807, 2.05) is 18.2 Å². The summed E-state index contributed by atoms with van der Waals surface area (Å²) in [5.74, 6) is -5.68. The van der Waals surface area contributed by atoms with Gasteiger partial charge < -0.3 is 36.0 Å². The number of rotatable bonds is 11. The van der Waals surface area contributed by atoms with Gasteiger partial charge in [-0.15, -0.1) is 0 Å². The zero-order valence-electron chi connectivity index (χ0n) is 24.7. The molecule has 4 rings (SSSR count). The van der Waals surface area contributed by atoms with E-state index in [0.717, 1.165) is 23.3 Å². The summed E-state index contributed by atoms with van der Waals surface area (Å²) in [6, 6.07) is 18.3. The van der Waals surface area contributed by atoms with Gasteiger partial charge in [-0.2, -0.15) is 26.3 Å². The third-order valence-corrected chi connectivity index (χ3v) is 7.14. The van der Waals surface area contributed by atoms with Crippen LogP contribution in [0.5, 0.6) is 5.75 Å². The number of aromatic hydroxyl groups is 1. The lowest BCUT2D eigenvalue weighted by Gasteiger charge is -2.14. The fourth-order valence-electron chi connectivity index (χ4n) is 3.94. The first kappa shape index (κ1) is 39.7. The van der Waals surface area contributed by atoms with Gasteiger partial charge in [0.15, 0.2) is 0 Å². The van der Waals surface area contributed by atoms with Crippen molar-refractivity contribution in [3.63, 3.8) is 0 Å². The SMILES string of the molecule is O=C(O)C(F)(F)F.O=C(O)C(F)(F)F.O=c1[nH]c2c(O)ccc([C@@H](O)CNCCc3cccc(CNCCc4ccccc4F)c3)c2s1. The van der Waals surface area contributed by atoms with Crippen molar-refractivity contribution in [1.82, 2.24) is 15.6 Å². The summed E-state index contributed by atoms with van der Waals surface area (Å²) in [6.45, 7) is 2.44. The Morgan fingerprint density at radius 1 is 0.833 bits per heavy atom. The first-order valence-electron chi connectivity index (χ1n) is 13.8. The number of H-pyrrole nitrogens is 1. The van der Waals surface area contributed by atoms with Gasteiger partial charge in [0.1, 0.15) is 17.1 Å². The normalized spacial score (nSPS) is 12.0. The van der Waals surface area contributed by atoms with Crippen LogP contribution in [0.2, 0.25) is 0 Å². The Morgan fingerprint density at radius 3 is 2.02 bits per heavy atom. The minimum atomic E-state index is -5.08. The van der Waals surface area contributed by atoms with Gasteiger partial charge in [0, 0.05) is 18.7 Å². The maximum absolute atomic E-state index is 13.7. The topological polar surface area (TPSA) is 172 Å². The van der Waals surface area contributed by atoms with Crippen molar-refractivity contribution in [2.45, 2.75) is 37.8 Å². The molecule has 1 aromatic heterocycles. The first-order chi connectivity index (χ1) is 22.4. The summed E-state index contributed by atoms with van der Waals surface area (Å²) < 4.78 is 77.8. The van der Waals surface area contributed by atoms with E-state index >= 15 is 0 Å². The van der Waals surface area contributed by atoms with E-state index < -0.39 is 30.4 Å². The summed E-state index contributed by atoms with van der Waals surface area (Å²) >= 11 is 0.983. The lowest BCUT2D eigenvalue weighted by molar-refractivity contribution is -0.193. The lowest BCUT2D eigenvalue weighted by Crippen LogP contribution is -2.24. The Hall–Kier alpha value is -4.52. The zero-order valence-corrected chi connectivity index (χ0v) is 25.5. The van der Waals surface area contributed by atoms with Crippen LogP contribution in [0.15, 0.2) is 65.5 Å². The molecule has 18 heteroatoms. The second-order valence-corrected chi connectivity index (χ2v) is 10.8. The van der Waals surface area contributed by atoms with Crippen molar-refractivity contribution >= 4 is 33.5 Å². The van der Waals surface area contributed by atoms with E-state index in [2.05, 4.69) is 33.8 Å². The molecule has 0 spiro atoms. The number of carboxylic acids is 2. The molecule has 4 aromatic rings. The van der Waals surface area contributed by atoms with Crippen LogP contribution in [0.1, 0.15) is 28.4 Å². The number of phenols is 1. The van der Waals surface area contributed by atoms with Crippen LogP contribution in [0.3, 0.4) is 0 Å². The highest BCUT2D eigenvalue weighted by atomic mass is 32.1. The number of thiazole rings is 1. The van der Waals surface area contributed by atoms with Gasteiger partial charge >= 0.3 is 29.2 Å². The number of aromatic amines is 1. The highest BCUT2D eigenvalue weighted by Gasteiger charge is 2.38. The number of aliphatic hydroxyl groups is 1. The summed E-state index contributed by atoms with van der Waals surface area (Å²) in [7, 11) is 0. The van der Waals surface area contributed by atoms with Crippen molar-refractivity contribution in [3.8, 4) is 5.75 Å². The van der Waals surface area contributed by atoms with Gasteiger partial charge in [0.05, 0.1) is 10.8 Å². The number of phenolic OH excluding ortho intramolecular Hbond substituents is 1. The fourth-order valence-corrected chi connectivity index (χ4v) is 4.85. The number of hydrogen-bond acceptors (Lipinski definition) is 8. The predicted octanol–water partition coefficient (Wildman–Crippen LogP) is 4.90. The summed E-state index contributed by atoms with van der Waals surface area (Å²) in [4.78, 5) is 31.8. The molecule has 0 bridgehead atoms. The standard InChI is InChI=1S/C26H28FN3O3S.2C2HF3O2/c27-21-7-2-1-6-19(21)11-13-28-15-18-5-3-4-17(14-18)10-12-29-16-23(32)20-8-9-22(31)24-25(20)34-26(33)30-24;2*3-2(4,5)1(6)7/h1-9,14,23,28-29,31-32H,10-13,15-16H2,(H,30,33);2*(H,6,7)/t23-;;/m0../s1. The average Bonchev–Trinajstić information content (AvgIpc) is 3.40. The maximum atomic E-state index is 13.7. The number of hydrogen-bond donors (Lipinski definition) is 7. The second-order valence-electron chi connectivity index (χ2n) is 9.81. The summed E-state index contributed by atoms with van der Waals surface area (Å²) in [5.41, 5.74) is 4.06. The van der Waals surface area contributed by atoms with Crippen LogP contribution >= 0.6 is 11.3 Å². The third-order valence-electron chi connectivity index (χ3n) is 6.21. The summed E-state index contributed by atoms with van der Waals surface area (Å²) in [6.07, 6.45) is -9.51. The monoisotopic (exact) mass is 709 g/mol. The van der Waals surface area contributed by atoms with Crippen molar-refractivity contribution in [2.75, 3.05) is 19.6 Å². The minimum absolute atomic E-state index is 0.00106. The van der Waals surface area contributed by atoms with Crippen LogP contribution in [-0.2, 0) is 29.0 Å². The molecular formula is C30H30F7N3O7S. The minimum Gasteiger partial charge on any atom is -0.506 e. The molecular weight excluding hydrogens is 679 g/mol. The molecule has 3 aromatic carbocycles. The van der Waals surface area contributed by atoms with E-state index in [-0.39, 0.29) is 16.4 Å². The van der Waals surface area contributed by atoms with E-state index in [9.17, 15) is 45.7 Å². The van der Waals surface area contributed by atoms with Gasteiger partial charge in [-0.3, -0.25) is 4.79 Å². The van der Waals surface area contributed by atoms with Crippen LogP contribution in [0.4, 0.5) is 30.7 Å². The number of carboxylic acid groups (broad SMARTS) is 2. The Balaban J connectivity index is 0.000000479. The molecule has 0 unspecified atom stereocenters. The summed E-state index contributed by atoms with van der Waals surface area (Å²) in [5, 5.41) is 41.4. The molecule has 7 N–H and O–H groups in total. The van der Waals surface area contributed by atoms with Crippen molar-refractivity contribution in [3.05, 3.63) is 98.4 Å². The predicted molar refractivity (Wildman–Crippen MR) is 161 cm³/mol. The first-order valence-corrected chi connectivity index (χ1v) is 14.6. The molecule has 1 heterocycles. The molecule has 0 saturated heterocycles. The molecule has 262 valence electrons. The number of aliphatic carboxylic acids is 2. The van der Waals surface area contributed by atoms with E-state index in [0.29, 0.717) is 48.4 Å². The molecule has 0 saturated carbocycles. The number of fused-ring (bicyclic) bond motifs is 1.